The number of carbonyl (C=O) groups excluding carboxylic acids is 1. The van der Waals surface area contributed by atoms with Crippen LogP contribution < -0.4 is 5.32 Å². The molecule has 20 heavy (non-hydrogen) atoms. The van der Waals surface area contributed by atoms with E-state index in [9.17, 15) is 4.79 Å². The highest BCUT2D eigenvalue weighted by atomic mass is 79.9. The number of carbonyl (C=O) groups is 1. The number of nitrogens with one attached hydrogen (secondary N) is 1. The first-order chi connectivity index (χ1) is 9.66. The van der Waals surface area contributed by atoms with Crippen LogP contribution in [0.1, 0.15) is 24.1 Å². The van der Waals surface area contributed by atoms with E-state index in [0.29, 0.717) is 0 Å². The van der Waals surface area contributed by atoms with Gasteiger partial charge in [0.2, 0.25) is 5.91 Å². The molecule has 0 saturated carbocycles. The van der Waals surface area contributed by atoms with Crippen molar-refractivity contribution in [3.63, 3.8) is 0 Å². The molecule has 3 nitrogen and oxygen atoms in total. The highest BCUT2D eigenvalue weighted by Crippen LogP contribution is 2.17. The molecule has 0 aliphatic rings. The van der Waals surface area contributed by atoms with E-state index in [1.807, 2.05) is 43.3 Å². The number of hydrogen-bond donors (Lipinski definition) is 1. The normalized spacial score (nSPS) is 12.3. The van der Waals surface area contributed by atoms with E-state index in [4.69, 9.17) is 0 Å². The first-order valence-electron chi connectivity index (χ1n) is 6.30. The van der Waals surface area contributed by atoms with Crippen molar-refractivity contribution >= 4 is 27.9 Å². The highest BCUT2D eigenvalue weighted by molar-refractivity contribution is 9.10. The summed E-state index contributed by atoms with van der Waals surface area (Å²) in [5.41, 5.74) is 2.00. The summed E-state index contributed by atoms with van der Waals surface area (Å²) in [5.74, 6) is -0.120. The molecule has 4 heteroatoms. The van der Waals surface area contributed by atoms with Crippen LogP contribution in [0.25, 0.3) is 6.08 Å². The fraction of sp³-hybridized carbons (Fsp3) is 0.125. The number of rotatable bonds is 4. The highest BCUT2D eigenvalue weighted by Gasteiger charge is 2.06. The zero-order valence-corrected chi connectivity index (χ0v) is 12.7. The molecular formula is C16H15BrN2O. The number of nitrogens with zero attached hydrogens (tertiary/aromatic N) is 1. The van der Waals surface area contributed by atoms with Gasteiger partial charge in [0.1, 0.15) is 0 Å². The van der Waals surface area contributed by atoms with Gasteiger partial charge in [-0.3, -0.25) is 9.78 Å². The molecule has 0 spiro atoms. The predicted octanol–water partition coefficient (Wildman–Crippen LogP) is 3.73. The minimum Gasteiger partial charge on any atom is -0.346 e. The van der Waals surface area contributed by atoms with E-state index < -0.39 is 0 Å². The first-order valence-corrected chi connectivity index (χ1v) is 7.09. The Morgan fingerprint density at radius 1 is 1.25 bits per heavy atom. The Bertz CT molecular complexity index is 611. The largest absolute Gasteiger partial charge is 0.346 e. The number of benzene rings is 1. The van der Waals surface area contributed by atoms with Gasteiger partial charge >= 0.3 is 0 Å². The zero-order chi connectivity index (χ0) is 14.4. The van der Waals surface area contributed by atoms with E-state index >= 15 is 0 Å². The van der Waals surface area contributed by atoms with Crippen molar-refractivity contribution in [1.82, 2.24) is 10.3 Å². The lowest BCUT2D eigenvalue weighted by molar-refractivity contribution is -0.117. The number of hydrogen-bond acceptors (Lipinski definition) is 2. The molecule has 1 N–H and O–H groups in total. The van der Waals surface area contributed by atoms with Crippen LogP contribution >= 0.6 is 15.9 Å². The van der Waals surface area contributed by atoms with Crippen molar-refractivity contribution in [3.8, 4) is 0 Å². The van der Waals surface area contributed by atoms with Gasteiger partial charge in [0, 0.05) is 22.9 Å². The van der Waals surface area contributed by atoms with E-state index in [0.717, 1.165) is 15.6 Å². The molecule has 1 heterocycles. The number of amides is 1. The molecule has 2 aromatic rings. The Morgan fingerprint density at radius 3 is 2.65 bits per heavy atom. The Hall–Kier alpha value is -1.94. The molecule has 1 amide bonds. The summed E-state index contributed by atoms with van der Waals surface area (Å²) in [6.45, 7) is 1.94. The van der Waals surface area contributed by atoms with Crippen molar-refractivity contribution in [2.45, 2.75) is 13.0 Å². The van der Waals surface area contributed by atoms with Crippen LogP contribution in [0.15, 0.2) is 59.3 Å². The number of aromatic nitrogens is 1. The van der Waals surface area contributed by atoms with Gasteiger partial charge in [-0.2, -0.15) is 0 Å². The Labute approximate surface area is 126 Å². The lowest BCUT2D eigenvalue weighted by Gasteiger charge is -2.12. The number of halogens is 1. The molecule has 0 aliphatic heterocycles. The third kappa shape index (κ3) is 4.03. The van der Waals surface area contributed by atoms with E-state index in [2.05, 4.69) is 26.2 Å². The minimum absolute atomic E-state index is 0.0469. The standard InChI is InChI=1S/C16H15BrN2O/c1-12(13-8-10-18-11-9-13)19-16(20)7-6-14-4-2-3-5-15(14)17/h2-12H,1H3,(H,19,20). The van der Waals surface area contributed by atoms with Crippen LogP contribution in [0.4, 0.5) is 0 Å². The molecule has 0 saturated heterocycles. The summed E-state index contributed by atoms with van der Waals surface area (Å²) in [5, 5.41) is 2.92. The number of pyridine rings is 1. The van der Waals surface area contributed by atoms with Crippen molar-refractivity contribution < 1.29 is 4.79 Å². The van der Waals surface area contributed by atoms with Crippen molar-refractivity contribution in [3.05, 3.63) is 70.5 Å². The molecule has 1 atom stereocenters. The SMILES string of the molecule is CC(NC(=O)C=Cc1ccccc1Br)c1ccncc1. The molecule has 0 radical (unpaired) electrons. The summed E-state index contributed by atoms with van der Waals surface area (Å²) in [6.07, 6.45) is 6.76. The van der Waals surface area contributed by atoms with Gasteiger partial charge in [-0.1, -0.05) is 34.1 Å². The van der Waals surface area contributed by atoms with Crippen LogP contribution in [0.5, 0.6) is 0 Å². The van der Waals surface area contributed by atoms with Gasteiger partial charge in [0.25, 0.3) is 0 Å². The quantitative estimate of drug-likeness (QED) is 0.868. The second-order valence-corrected chi connectivity index (χ2v) is 5.22. The fourth-order valence-corrected chi connectivity index (χ4v) is 2.19. The minimum atomic E-state index is -0.120. The summed E-state index contributed by atoms with van der Waals surface area (Å²) < 4.78 is 0.964. The lowest BCUT2D eigenvalue weighted by atomic mass is 10.1. The topological polar surface area (TPSA) is 42.0 Å². The Kier molecular flexibility index (Phi) is 5.07. The third-order valence-corrected chi connectivity index (χ3v) is 3.61. The molecule has 0 aliphatic carbocycles. The van der Waals surface area contributed by atoms with Gasteiger partial charge < -0.3 is 5.32 Å². The first kappa shape index (κ1) is 14.5. The molecule has 0 fully saturated rings. The van der Waals surface area contributed by atoms with Crippen LogP contribution in [0.2, 0.25) is 0 Å². The fourth-order valence-electron chi connectivity index (χ4n) is 1.77. The Balaban J connectivity index is 1.98. The van der Waals surface area contributed by atoms with E-state index in [1.54, 1.807) is 18.5 Å². The average Bonchev–Trinajstić information content (AvgIpc) is 2.47. The lowest BCUT2D eigenvalue weighted by Crippen LogP contribution is -2.24. The monoisotopic (exact) mass is 330 g/mol. The van der Waals surface area contributed by atoms with Gasteiger partial charge in [-0.25, -0.2) is 0 Å². The molecule has 2 rings (SSSR count). The molecular weight excluding hydrogens is 316 g/mol. The summed E-state index contributed by atoms with van der Waals surface area (Å²) >= 11 is 3.44. The van der Waals surface area contributed by atoms with Crippen molar-refractivity contribution in [1.29, 1.82) is 0 Å². The average molecular weight is 331 g/mol. The van der Waals surface area contributed by atoms with Crippen molar-refractivity contribution in [2.24, 2.45) is 0 Å². The molecule has 1 aromatic heterocycles. The summed E-state index contributed by atoms with van der Waals surface area (Å²) in [6, 6.07) is 11.5. The maximum absolute atomic E-state index is 11.9. The third-order valence-electron chi connectivity index (χ3n) is 2.88. The van der Waals surface area contributed by atoms with Crippen LogP contribution in [0, 0.1) is 0 Å². The maximum atomic E-state index is 11.9. The van der Waals surface area contributed by atoms with E-state index in [1.165, 1.54) is 6.08 Å². The summed E-state index contributed by atoms with van der Waals surface area (Å²) in [7, 11) is 0. The van der Waals surface area contributed by atoms with Crippen LogP contribution in [-0.2, 0) is 4.79 Å². The van der Waals surface area contributed by atoms with Gasteiger partial charge in [0.05, 0.1) is 6.04 Å². The molecule has 1 aromatic carbocycles. The second kappa shape index (κ2) is 7.01. The van der Waals surface area contributed by atoms with Crippen molar-refractivity contribution in [2.75, 3.05) is 0 Å². The van der Waals surface area contributed by atoms with E-state index in [-0.39, 0.29) is 11.9 Å². The van der Waals surface area contributed by atoms with Gasteiger partial charge in [-0.15, -0.1) is 0 Å². The smallest absolute Gasteiger partial charge is 0.244 e. The zero-order valence-electron chi connectivity index (χ0n) is 11.1. The van der Waals surface area contributed by atoms with Crippen LogP contribution in [0.3, 0.4) is 0 Å². The maximum Gasteiger partial charge on any atom is 0.244 e. The van der Waals surface area contributed by atoms with Gasteiger partial charge in [-0.05, 0) is 42.3 Å². The molecule has 0 bridgehead atoms. The van der Waals surface area contributed by atoms with Gasteiger partial charge in [0.15, 0.2) is 0 Å². The molecule has 102 valence electrons. The Morgan fingerprint density at radius 2 is 1.95 bits per heavy atom. The van der Waals surface area contributed by atoms with Crippen LogP contribution in [-0.4, -0.2) is 10.9 Å². The summed E-state index contributed by atoms with van der Waals surface area (Å²) in [4.78, 5) is 15.8. The predicted molar refractivity (Wildman–Crippen MR) is 84.0 cm³/mol. The molecule has 1 unspecified atom stereocenters. The second-order valence-electron chi connectivity index (χ2n) is 4.37.